The molecule has 1 aromatic heterocycles. The van der Waals surface area contributed by atoms with Crippen molar-refractivity contribution in [1.29, 1.82) is 0 Å². The molecule has 0 saturated carbocycles. The van der Waals surface area contributed by atoms with Crippen molar-refractivity contribution in [2.45, 2.75) is 13.6 Å². The molecule has 0 spiro atoms. The highest BCUT2D eigenvalue weighted by Gasteiger charge is 2.16. The Labute approximate surface area is 178 Å². The molecular formula is C22H19N5O2S. The quantitative estimate of drug-likeness (QED) is 0.260. The maximum Gasteiger partial charge on any atom is 0.269 e. The Morgan fingerprint density at radius 1 is 1.00 bits per heavy atom. The number of hydrogen-bond acceptors (Lipinski definition) is 5. The van der Waals surface area contributed by atoms with Crippen LogP contribution in [0.4, 0.5) is 11.4 Å². The van der Waals surface area contributed by atoms with Crippen LogP contribution < -0.4 is 5.32 Å². The highest BCUT2D eigenvalue weighted by Crippen LogP contribution is 2.25. The molecule has 4 aromatic rings. The van der Waals surface area contributed by atoms with Gasteiger partial charge in [-0.2, -0.15) is 4.98 Å². The fourth-order valence-corrected chi connectivity index (χ4v) is 3.35. The van der Waals surface area contributed by atoms with E-state index in [0.29, 0.717) is 17.3 Å². The molecule has 1 N–H and O–H groups in total. The average molecular weight is 417 g/mol. The fourth-order valence-electron chi connectivity index (χ4n) is 3.12. The van der Waals surface area contributed by atoms with Crippen LogP contribution in [0.5, 0.6) is 0 Å². The lowest BCUT2D eigenvalue weighted by molar-refractivity contribution is -0.384. The third kappa shape index (κ3) is 3.99. The molecule has 1 heterocycles. The molecule has 7 nitrogen and oxygen atoms in total. The lowest BCUT2D eigenvalue weighted by Crippen LogP contribution is -2.17. The minimum atomic E-state index is -0.419. The van der Waals surface area contributed by atoms with Crippen LogP contribution in [-0.4, -0.2) is 19.3 Å². The summed E-state index contributed by atoms with van der Waals surface area (Å²) in [5.41, 5.74) is 3.82. The van der Waals surface area contributed by atoms with Gasteiger partial charge in [-0.25, -0.2) is 9.36 Å². The minimum Gasteiger partial charge on any atom is -0.366 e. The molecule has 0 aliphatic rings. The number of aryl methyl sites for hydroxylation is 1. The van der Waals surface area contributed by atoms with Crippen LogP contribution in [0.3, 0.4) is 0 Å². The second kappa shape index (κ2) is 8.30. The first-order valence-corrected chi connectivity index (χ1v) is 9.74. The fraction of sp³-hybridized carbons (Fsp3) is 0.0909. The van der Waals surface area contributed by atoms with E-state index in [1.165, 1.54) is 17.7 Å². The van der Waals surface area contributed by atoms with E-state index in [9.17, 15) is 10.1 Å². The molecule has 0 aliphatic carbocycles. The standard InChI is InChI=1S/C22H19N5O2S/c1-16-7-11-18(12-8-16)23-15-25-22(30)24-21(26(25)19-5-3-2-4-6-19)17-9-13-20(14-10-17)27(28)29/h2-14,23H,15H2,1H3. The zero-order valence-electron chi connectivity index (χ0n) is 16.2. The first-order valence-electron chi connectivity index (χ1n) is 9.33. The van der Waals surface area contributed by atoms with Gasteiger partial charge in [0.2, 0.25) is 4.77 Å². The van der Waals surface area contributed by atoms with Crippen LogP contribution in [0.15, 0.2) is 78.9 Å². The summed E-state index contributed by atoms with van der Waals surface area (Å²) in [7, 11) is 0. The van der Waals surface area contributed by atoms with Crippen LogP contribution in [0.2, 0.25) is 0 Å². The second-order valence-corrected chi connectivity index (χ2v) is 7.13. The van der Waals surface area contributed by atoms with E-state index >= 15 is 0 Å². The van der Waals surface area contributed by atoms with Crippen LogP contribution in [0.1, 0.15) is 5.56 Å². The Balaban J connectivity index is 1.77. The van der Waals surface area contributed by atoms with E-state index < -0.39 is 4.92 Å². The third-order valence-electron chi connectivity index (χ3n) is 4.69. The van der Waals surface area contributed by atoms with E-state index in [4.69, 9.17) is 12.2 Å². The third-order valence-corrected chi connectivity index (χ3v) is 4.99. The molecule has 0 amide bonds. The molecule has 0 unspecified atom stereocenters. The van der Waals surface area contributed by atoms with Gasteiger partial charge < -0.3 is 5.32 Å². The second-order valence-electron chi connectivity index (χ2n) is 6.77. The first-order chi connectivity index (χ1) is 14.5. The van der Waals surface area contributed by atoms with E-state index in [0.717, 1.165) is 16.9 Å². The van der Waals surface area contributed by atoms with Crippen molar-refractivity contribution < 1.29 is 4.92 Å². The van der Waals surface area contributed by atoms with Gasteiger partial charge in [0.25, 0.3) is 5.69 Å². The number of benzene rings is 3. The Hall–Kier alpha value is -3.78. The molecule has 3 aromatic carbocycles. The molecule has 0 bridgehead atoms. The van der Waals surface area contributed by atoms with Gasteiger partial charge in [-0.1, -0.05) is 35.9 Å². The zero-order chi connectivity index (χ0) is 21.1. The molecule has 4 rings (SSSR count). The van der Waals surface area contributed by atoms with E-state index in [1.807, 2.05) is 70.9 Å². The summed E-state index contributed by atoms with van der Waals surface area (Å²) in [4.78, 5) is 15.2. The first kappa shape index (κ1) is 19.5. The van der Waals surface area contributed by atoms with E-state index in [1.54, 1.807) is 12.1 Å². The smallest absolute Gasteiger partial charge is 0.269 e. The maximum absolute atomic E-state index is 11.0. The molecule has 0 aliphatic heterocycles. The minimum absolute atomic E-state index is 0.0316. The predicted molar refractivity (Wildman–Crippen MR) is 119 cm³/mol. The van der Waals surface area contributed by atoms with Crippen molar-refractivity contribution in [1.82, 2.24) is 14.3 Å². The van der Waals surface area contributed by atoms with Crippen molar-refractivity contribution in [3.8, 4) is 17.1 Å². The van der Waals surface area contributed by atoms with Gasteiger partial charge in [0.15, 0.2) is 5.82 Å². The summed E-state index contributed by atoms with van der Waals surface area (Å²) >= 11 is 5.55. The molecule has 8 heteroatoms. The summed E-state index contributed by atoms with van der Waals surface area (Å²) < 4.78 is 4.19. The van der Waals surface area contributed by atoms with Crippen LogP contribution in [0, 0.1) is 21.8 Å². The Kier molecular flexibility index (Phi) is 5.40. The van der Waals surface area contributed by atoms with Crippen LogP contribution in [0.25, 0.3) is 17.1 Å². The summed E-state index contributed by atoms with van der Waals surface area (Å²) in [6.07, 6.45) is 0. The zero-order valence-corrected chi connectivity index (χ0v) is 17.0. The number of nitrogens with zero attached hydrogens (tertiary/aromatic N) is 4. The number of hydrogen-bond donors (Lipinski definition) is 1. The molecule has 0 fully saturated rings. The van der Waals surface area contributed by atoms with E-state index in [2.05, 4.69) is 10.3 Å². The molecule has 0 saturated heterocycles. The number of nitro benzene ring substituents is 1. The van der Waals surface area contributed by atoms with Crippen molar-refractivity contribution in [2.24, 2.45) is 0 Å². The van der Waals surface area contributed by atoms with Crippen LogP contribution in [-0.2, 0) is 6.67 Å². The summed E-state index contributed by atoms with van der Waals surface area (Å²) in [6, 6.07) is 24.2. The molecule has 0 atom stereocenters. The molecule has 150 valence electrons. The van der Waals surface area contributed by atoms with Gasteiger partial charge in [0, 0.05) is 23.4 Å². The number of nitrogens with one attached hydrogen (secondary N) is 1. The Bertz CT molecular complexity index is 1230. The van der Waals surface area contributed by atoms with Crippen molar-refractivity contribution in [3.05, 3.63) is 99.3 Å². The van der Waals surface area contributed by atoms with Crippen LogP contribution >= 0.6 is 12.2 Å². The predicted octanol–water partition coefficient (Wildman–Crippen LogP) is 5.36. The highest BCUT2D eigenvalue weighted by atomic mass is 32.1. The van der Waals surface area contributed by atoms with Gasteiger partial charge in [-0.05, 0) is 55.5 Å². The SMILES string of the molecule is Cc1ccc(NCn2c(=S)nc(-c3ccc([N+](=O)[O-])cc3)n2-c2ccccc2)cc1. The monoisotopic (exact) mass is 417 g/mol. The average Bonchev–Trinajstić information content (AvgIpc) is 3.10. The number of nitro groups is 1. The van der Waals surface area contributed by atoms with Gasteiger partial charge in [-0.15, -0.1) is 0 Å². The number of para-hydroxylation sites is 1. The van der Waals surface area contributed by atoms with E-state index in [-0.39, 0.29) is 5.69 Å². The van der Waals surface area contributed by atoms with Gasteiger partial charge in [-0.3, -0.25) is 10.1 Å². The lowest BCUT2D eigenvalue weighted by atomic mass is 10.2. The van der Waals surface area contributed by atoms with Crippen molar-refractivity contribution in [2.75, 3.05) is 5.32 Å². The number of aromatic nitrogens is 3. The summed E-state index contributed by atoms with van der Waals surface area (Å²) in [6.45, 7) is 2.46. The van der Waals surface area contributed by atoms with Gasteiger partial charge >= 0.3 is 0 Å². The molecule has 30 heavy (non-hydrogen) atoms. The van der Waals surface area contributed by atoms with Gasteiger partial charge in [0.1, 0.15) is 6.67 Å². The largest absolute Gasteiger partial charge is 0.366 e. The highest BCUT2D eigenvalue weighted by molar-refractivity contribution is 7.71. The maximum atomic E-state index is 11.0. The topological polar surface area (TPSA) is 77.9 Å². The normalized spacial score (nSPS) is 10.7. The summed E-state index contributed by atoms with van der Waals surface area (Å²) in [5.74, 6) is 0.617. The lowest BCUT2D eigenvalue weighted by Gasteiger charge is -2.15. The van der Waals surface area contributed by atoms with Crippen molar-refractivity contribution in [3.63, 3.8) is 0 Å². The number of anilines is 1. The summed E-state index contributed by atoms with van der Waals surface area (Å²) in [5, 5.41) is 14.4. The Morgan fingerprint density at radius 2 is 1.67 bits per heavy atom. The number of rotatable bonds is 6. The molecular weight excluding hydrogens is 398 g/mol. The van der Waals surface area contributed by atoms with Crippen molar-refractivity contribution >= 4 is 23.6 Å². The van der Waals surface area contributed by atoms with Gasteiger partial charge in [0.05, 0.1) is 10.6 Å². The molecule has 0 radical (unpaired) electrons. The Morgan fingerprint density at radius 3 is 2.30 bits per heavy atom. The number of non-ortho nitro benzene ring substituents is 1.